The van der Waals surface area contributed by atoms with E-state index in [1.165, 1.54) is 18.2 Å². The Morgan fingerprint density at radius 2 is 2.00 bits per heavy atom. The molecule has 0 radical (unpaired) electrons. The number of nitrogens with one attached hydrogen (secondary N) is 1. The standard InChI is InChI=1S/C11H7BrCl2FN3O/c12-6-2-1-5(3-9(6)15)19-11-8(14)4-7(13)10(17-11)18-16/h1-4H,16H2,(H,17,18). The SMILES string of the molecule is NNc1nc(Oc2ccc(Br)c(F)c2)c(Cl)cc1Cl. The molecule has 0 fully saturated rings. The van der Waals surface area contributed by atoms with Gasteiger partial charge in [0.2, 0.25) is 5.88 Å². The molecule has 2 aromatic rings. The van der Waals surface area contributed by atoms with Gasteiger partial charge in [0.05, 0.1) is 9.50 Å². The van der Waals surface area contributed by atoms with Gasteiger partial charge in [-0.3, -0.25) is 0 Å². The number of hydrogen-bond acceptors (Lipinski definition) is 4. The van der Waals surface area contributed by atoms with Crippen molar-refractivity contribution in [1.29, 1.82) is 0 Å². The van der Waals surface area contributed by atoms with Crippen molar-refractivity contribution in [2.75, 3.05) is 5.43 Å². The largest absolute Gasteiger partial charge is 0.437 e. The summed E-state index contributed by atoms with van der Waals surface area (Å²) in [7, 11) is 0. The average Bonchev–Trinajstić information content (AvgIpc) is 2.37. The van der Waals surface area contributed by atoms with Crippen LogP contribution in [-0.4, -0.2) is 4.98 Å². The maximum atomic E-state index is 13.4. The number of ether oxygens (including phenoxy) is 1. The molecule has 0 saturated carbocycles. The maximum Gasteiger partial charge on any atom is 0.240 e. The topological polar surface area (TPSA) is 60.2 Å². The van der Waals surface area contributed by atoms with Gasteiger partial charge in [-0.2, -0.15) is 4.98 Å². The summed E-state index contributed by atoms with van der Waals surface area (Å²) in [5.41, 5.74) is 2.31. The minimum absolute atomic E-state index is 0.0701. The lowest BCUT2D eigenvalue weighted by atomic mass is 10.3. The molecule has 0 bridgehead atoms. The van der Waals surface area contributed by atoms with Crippen LogP contribution in [0.1, 0.15) is 0 Å². The Morgan fingerprint density at radius 1 is 1.26 bits per heavy atom. The van der Waals surface area contributed by atoms with Crippen LogP contribution in [0, 0.1) is 5.82 Å². The number of halogens is 4. The third-order valence-corrected chi connectivity index (χ3v) is 3.34. The van der Waals surface area contributed by atoms with Gasteiger partial charge in [0.1, 0.15) is 16.6 Å². The summed E-state index contributed by atoms with van der Waals surface area (Å²) in [5, 5.41) is 0.439. The van der Waals surface area contributed by atoms with Crippen molar-refractivity contribution >= 4 is 44.9 Å². The molecule has 0 saturated heterocycles. The van der Waals surface area contributed by atoms with E-state index < -0.39 is 5.82 Å². The van der Waals surface area contributed by atoms with Crippen LogP contribution < -0.4 is 16.0 Å². The van der Waals surface area contributed by atoms with E-state index in [0.29, 0.717) is 4.47 Å². The number of rotatable bonds is 3. The van der Waals surface area contributed by atoms with Crippen LogP contribution in [0.2, 0.25) is 10.0 Å². The van der Waals surface area contributed by atoms with E-state index in [4.69, 9.17) is 33.8 Å². The monoisotopic (exact) mass is 365 g/mol. The fourth-order valence-corrected chi connectivity index (χ4v) is 1.97. The highest BCUT2D eigenvalue weighted by Crippen LogP contribution is 2.33. The number of nitrogen functional groups attached to an aromatic ring is 1. The third-order valence-electron chi connectivity index (χ3n) is 2.14. The predicted molar refractivity (Wildman–Crippen MR) is 76.2 cm³/mol. The van der Waals surface area contributed by atoms with Crippen molar-refractivity contribution in [2.24, 2.45) is 5.84 Å². The van der Waals surface area contributed by atoms with E-state index in [0.717, 1.165) is 0 Å². The quantitative estimate of drug-likeness (QED) is 0.625. The van der Waals surface area contributed by atoms with Crippen molar-refractivity contribution in [3.8, 4) is 11.6 Å². The highest BCUT2D eigenvalue weighted by molar-refractivity contribution is 9.10. The first kappa shape index (κ1) is 14.3. The minimum Gasteiger partial charge on any atom is -0.437 e. The molecule has 1 aromatic carbocycles. The van der Waals surface area contributed by atoms with Gasteiger partial charge in [-0.1, -0.05) is 23.2 Å². The summed E-state index contributed by atoms with van der Waals surface area (Å²) in [6, 6.07) is 5.70. The molecule has 0 aliphatic rings. The van der Waals surface area contributed by atoms with E-state index in [1.807, 2.05) is 0 Å². The highest BCUT2D eigenvalue weighted by Gasteiger charge is 2.11. The fraction of sp³-hybridized carbons (Fsp3) is 0. The first-order valence-corrected chi connectivity index (χ1v) is 6.51. The Bertz CT molecular complexity index is 627. The molecule has 0 atom stereocenters. The van der Waals surface area contributed by atoms with Crippen LogP contribution in [0.15, 0.2) is 28.7 Å². The Balaban J connectivity index is 2.34. The van der Waals surface area contributed by atoms with Crippen molar-refractivity contribution in [3.63, 3.8) is 0 Å². The zero-order valence-electron chi connectivity index (χ0n) is 9.25. The summed E-state index contributed by atoms with van der Waals surface area (Å²) in [6.45, 7) is 0. The summed E-state index contributed by atoms with van der Waals surface area (Å²) in [4.78, 5) is 3.98. The van der Waals surface area contributed by atoms with Gasteiger partial charge in [0.15, 0.2) is 5.82 Å². The second kappa shape index (κ2) is 5.92. The van der Waals surface area contributed by atoms with Crippen LogP contribution in [0.25, 0.3) is 0 Å². The minimum atomic E-state index is -0.459. The molecular formula is C11H7BrCl2FN3O. The lowest BCUT2D eigenvalue weighted by Crippen LogP contribution is -2.09. The molecular weight excluding hydrogens is 360 g/mol. The molecule has 8 heteroatoms. The summed E-state index contributed by atoms with van der Waals surface area (Å²) >= 11 is 14.8. The third kappa shape index (κ3) is 3.27. The van der Waals surface area contributed by atoms with Crippen LogP contribution in [-0.2, 0) is 0 Å². The van der Waals surface area contributed by atoms with Gasteiger partial charge in [-0.25, -0.2) is 10.2 Å². The van der Waals surface area contributed by atoms with Gasteiger partial charge in [-0.05, 0) is 34.1 Å². The zero-order valence-corrected chi connectivity index (χ0v) is 12.4. The number of pyridine rings is 1. The van der Waals surface area contributed by atoms with Gasteiger partial charge in [0.25, 0.3) is 0 Å². The van der Waals surface area contributed by atoms with Crippen LogP contribution in [0.4, 0.5) is 10.2 Å². The normalized spacial score (nSPS) is 10.4. The van der Waals surface area contributed by atoms with Crippen LogP contribution in [0.3, 0.4) is 0 Å². The van der Waals surface area contributed by atoms with E-state index in [2.05, 4.69) is 26.3 Å². The smallest absolute Gasteiger partial charge is 0.240 e. The molecule has 3 N–H and O–H groups in total. The first-order chi connectivity index (χ1) is 9.01. The Kier molecular flexibility index (Phi) is 4.46. The Labute approximate surface area is 126 Å². The maximum absolute atomic E-state index is 13.4. The summed E-state index contributed by atoms with van der Waals surface area (Å²) in [5.74, 6) is 5.31. The first-order valence-electron chi connectivity index (χ1n) is 4.97. The predicted octanol–water partition coefficient (Wildman–Crippen LogP) is 4.37. The molecule has 19 heavy (non-hydrogen) atoms. The second-order valence-electron chi connectivity index (χ2n) is 3.43. The number of aromatic nitrogens is 1. The number of hydrazine groups is 1. The zero-order chi connectivity index (χ0) is 14.0. The molecule has 0 unspecified atom stereocenters. The Hall–Kier alpha value is -1.08. The van der Waals surface area contributed by atoms with Crippen molar-refractivity contribution < 1.29 is 9.13 Å². The van der Waals surface area contributed by atoms with Gasteiger partial charge < -0.3 is 10.2 Å². The fourth-order valence-electron chi connectivity index (χ4n) is 1.27. The Morgan fingerprint density at radius 3 is 2.63 bits per heavy atom. The van der Waals surface area contributed by atoms with Gasteiger partial charge in [-0.15, -0.1) is 0 Å². The van der Waals surface area contributed by atoms with Crippen LogP contribution in [0.5, 0.6) is 11.6 Å². The van der Waals surface area contributed by atoms with Crippen molar-refractivity contribution in [1.82, 2.24) is 4.98 Å². The van der Waals surface area contributed by atoms with E-state index in [9.17, 15) is 4.39 Å². The van der Waals surface area contributed by atoms with E-state index >= 15 is 0 Å². The lowest BCUT2D eigenvalue weighted by molar-refractivity contribution is 0.458. The molecule has 0 aliphatic carbocycles. The second-order valence-corrected chi connectivity index (χ2v) is 5.10. The molecule has 2 rings (SSSR count). The number of nitrogens with two attached hydrogens (primary N) is 1. The number of benzene rings is 1. The van der Waals surface area contributed by atoms with E-state index in [-0.39, 0.29) is 27.5 Å². The number of hydrogen-bond donors (Lipinski definition) is 2. The van der Waals surface area contributed by atoms with Gasteiger partial charge >= 0.3 is 0 Å². The molecule has 0 spiro atoms. The number of anilines is 1. The molecule has 1 heterocycles. The average molecular weight is 367 g/mol. The summed E-state index contributed by atoms with van der Waals surface area (Å²) < 4.78 is 19.1. The van der Waals surface area contributed by atoms with Crippen molar-refractivity contribution in [3.05, 3.63) is 44.6 Å². The molecule has 4 nitrogen and oxygen atoms in total. The molecule has 0 aliphatic heterocycles. The molecule has 0 amide bonds. The van der Waals surface area contributed by atoms with Crippen LogP contribution >= 0.6 is 39.1 Å². The van der Waals surface area contributed by atoms with Gasteiger partial charge in [0, 0.05) is 6.07 Å². The molecule has 1 aromatic heterocycles. The van der Waals surface area contributed by atoms with Crippen molar-refractivity contribution in [2.45, 2.75) is 0 Å². The number of nitrogens with zero attached hydrogens (tertiary/aromatic N) is 1. The highest BCUT2D eigenvalue weighted by atomic mass is 79.9. The summed E-state index contributed by atoms with van der Waals surface area (Å²) in [6.07, 6.45) is 0. The molecule has 100 valence electrons. The lowest BCUT2D eigenvalue weighted by Gasteiger charge is -2.10. The van der Waals surface area contributed by atoms with E-state index in [1.54, 1.807) is 6.07 Å².